The summed E-state index contributed by atoms with van der Waals surface area (Å²) in [6, 6.07) is 15.2. The van der Waals surface area contributed by atoms with Crippen molar-refractivity contribution in [2.75, 3.05) is 44.2 Å². The molecule has 7 nitrogen and oxygen atoms in total. The summed E-state index contributed by atoms with van der Waals surface area (Å²) < 4.78 is 26.4. The Balaban J connectivity index is 1.36. The largest absolute Gasteiger partial charge is 0.353 e. The summed E-state index contributed by atoms with van der Waals surface area (Å²) in [5, 5.41) is 8.64. The first-order valence-electron chi connectivity index (χ1n) is 12.1. The van der Waals surface area contributed by atoms with Crippen LogP contribution in [-0.4, -0.2) is 71.1 Å². The maximum absolute atomic E-state index is 13.2. The van der Waals surface area contributed by atoms with Gasteiger partial charge >= 0.3 is 0 Å². The molecule has 0 N–H and O–H groups in total. The van der Waals surface area contributed by atoms with Crippen LogP contribution in [0, 0.1) is 11.6 Å². The highest BCUT2D eigenvalue weighted by Gasteiger charge is 2.24. The predicted octanol–water partition coefficient (Wildman–Crippen LogP) is 4.01. The highest BCUT2D eigenvalue weighted by molar-refractivity contribution is 5.96. The number of nitrogens with zero attached hydrogens (tertiary/aromatic N) is 5. The fourth-order valence-electron chi connectivity index (χ4n) is 4.23. The first-order chi connectivity index (χ1) is 17.4. The third kappa shape index (κ3) is 6.21. The summed E-state index contributed by atoms with van der Waals surface area (Å²) in [5.41, 5.74) is 1.81. The lowest BCUT2D eigenvalue weighted by Crippen LogP contribution is -2.44. The van der Waals surface area contributed by atoms with E-state index in [-0.39, 0.29) is 24.2 Å². The lowest BCUT2D eigenvalue weighted by molar-refractivity contribution is -0.131. The average Bonchev–Trinajstić information content (AvgIpc) is 3.16. The molecule has 2 aromatic carbocycles. The lowest BCUT2D eigenvalue weighted by atomic mass is 10.1. The van der Waals surface area contributed by atoms with E-state index in [4.69, 9.17) is 0 Å². The third-order valence-electron chi connectivity index (χ3n) is 6.16. The van der Waals surface area contributed by atoms with Gasteiger partial charge in [-0.25, -0.2) is 8.78 Å². The first-order valence-corrected chi connectivity index (χ1v) is 12.1. The quantitative estimate of drug-likeness (QED) is 0.498. The Morgan fingerprint density at radius 2 is 1.56 bits per heavy atom. The molecule has 1 aromatic heterocycles. The molecule has 2 amide bonds. The van der Waals surface area contributed by atoms with Gasteiger partial charge in [-0.05, 0) is 73.5 Å². The van der Waals surface area contributed by atoms with Gasteiger partial charge in [0.15, 0.2) is 5.82 Å². The molecule has 0 aliphatic carbocycles. The SMILES string of the molecule is CCCN(CC(=O)N1CCCN(c2ccc(-c3ccc(F)cc3)nn2)CC1)C(=O)c1ccc(F)cc1. The van der Waals surface area contributed by atoms with Gasteiger partial charge in [0.2, 0.25) is 5.91 Å². The normalized spacial score (nSPS) is 13.9. The van der Waals surface area contributed by atoms with Crippen LogP contribution in [0.3, 0.4) is 0 Å². The fraction of sp³-hybridized carbons (Fsp3) is 0.333. The minimum absolute atomic E-state index is 0.0176. The molecule has 0 unspecified atom stereocenters. The van der Waals surface area contributed by atoms with E-state index in [1.165, 1.54) is 41.3 Å². The Bertz CT molecular complexity index is 1170. The Morgan fingerprint density at radius 3 is 2.19 bits per heavy atom. The van der Waals surface area contributed by atoms with E-state index in [2.05, 4.69) is 15.1 Å². The van der Waals surface area contributed by atoms with E-state index < -0.39 is 5.82 Å². The average molecular weight is 494 g/mol. The van der Waals surface area contributed by atoms with Crippen molar-refractivity contribution < 1.29 is 18.4 Å². The van der Waals surface area contributed by atoms with Gasteiger partial charge < -0.3 is 14.7 Å². The Hall–Kier alpha value is -3.88. The van der Waals surface area contributed by atoms with Gasteiger partial charge in [0.1, 0.15) is 18.2 Å². The number of rotatable bonds is 7. The standard InChI is InChI=1S/C27H29F2N5O2/c1-2-14-34(27(36)21-6-10-23(29)11-7-21)19-26(35)33-16-3-15-32(17-18-33)25-13-12-24(30-31-25)20-4-8-22(28)9-5-20/h4-13H,2-3,14-19H2,1H3. The van der Waals surface area contributed by atoms with E-state index >= 15 is 0 Å². The number of hydrogen-bond donors (Lipinski definition) is 0. The van der Waals surface area contributed by atoms with E-state index in [1.54, 1.807) is 17.0 Å². The number of halogens is 2. The molecule has 1 aliphatic heterocycles. The van der Waals surface area contributed by atoms with Gasteiger partial charge in [-0.15, -0.1) is 10.2 Å². The van der Waals surface area contributed by atoms with Crippen LogP contribution in [0.25, 0.3) is 11.3 Å². The molecule has 0 atom stereocenters. The lowest BCUT2D eigenvalue weighted by Gasteiger charge is -2.27. The van der Waals surface area contributed by atoms with Gasteiger partial charge in [0.25, 0.3) is 5.91 Å². The van der Waals surface area contributed by atoms with Crippen LogP contribution in [-0.2, 0) is 4.79 Å². The van der Waals surface area contributed by atoms with Gasteiger partial charge in [-0.3, -0.25) is 9.59 Å². The van der Waals surface area contributed by atoms with Crippen molar-refractivity contribution in [2.45, 2.75) is 19.8 Å². The summed E-state index contributed by atoms with van der Waals surface area (Å²) in [6.45, 7) is 4.78. The molecular formula is C27H29F2N5O2. The van der Waals surface area contributed by atoms with Gasteiger partial charge in [0.05, 0.1) is 5.69 Å². The second-order valence-electron chi connectivity index (χ2n) is 8.74. The minimum atomic E-state index is -0.409. The number of carbonyl (C=O) groups is 2. The Kier molecular flexibility index (Phi) is 8.20. The van der Waals surface area contributed by atoms with Crippen molar-refractivity contribution in [3.05, 3.63) is 77.9 Å². The molecule has 1 saturated heterocycles. The van der Waals surface area contributed by atoms with E-state index in [1.807, 2.05) is 19.1 Å². The molecule has 3 aromatic rings. The summed E-state index contributed by atoms with van der Waals surface area (Å²) in [7, 11) is 0. The highest BCUT2D eigenvalue weighted by atomic mass is 19.1. The van der Waals surface area contributed by atoms with Crippen LogP contribution < -0.4 is 4.90 Å². The number of benzene rings is 2. The van der Waals surface area contributed by atoms with Crippen molar-refractivity contribution >= 4 is 17.6 Å². The molecule has 2 heterocycles. The summed E-state index contributed by atoms with van der Waals surface area (Å²) in [4.78, 5) is 31.4. The zero-order valence-corrected chi connectivity index (χ0v) is 20.2. The molecule has 36 heavy (non-hydrogen) atoms. The number of carbonyl (C=O) groups excluding carboxylic acids is 2. The molecule has 0 saturated carbocycles. The Morgan fingerprint density at radius 1 is 0.861 bits per heavy atom. The topological polar surface area (TPSA) is 69.6 Å². The summed E-state index contributed by atoms with van der Waals surface area (Å²) in [6.07, 6.45) is 1.47. The zero-order valence-electron chi connectivity index (χ0n) is 20.2. The first kappa shape index (κ1) is 25.2. The number of amides is 2. The maximum Gasteiger partial charge on any atom is 0.254 e. The fourth-order valence-corrected chi connectivity index (χ4v) is 4.23. The molecule has 1 aliphatic rings. The monoisotopic (exact) mass is 493 g/mol. The van der Waals surface area contributed by atoms with Crippen molar-refractivity contribution in [1.29, 1.82) is 0 Å². The van der Waals surface area contributed by atoms with E-state index in [0.717, 1.165) is 18.5 Å². The predicted molar refractivity (Wildman–Crippen MR) is 133 cm³/mol. The number of hydrogen-bond acceptors (Lipinski definition) is 5. The van der Waals surface area contributed by atoms with Crippen LogP contribution in [0.1, 0.15) is 30.1 Å². The Labute approximate surface area is 209 Å². The van der Waals surface area contributed by atoms with Crippen LogP contribution >= 0.6 is 0 Å². The van der Waals surface area contributed by atoms with Crippen molar-refractivity contribution in [3.63, 3.8) is 0 Å². The third-order valence-corrected chi connectivity index (χ3v) is 6.16. The summed E-state index contributed by atoms with van der Waals surface area (Å²) in [5.74, 6) is -0.385. The molecule has 1 fully saturated rings. The zero-order chi connectivity index (χ0) is 25.5. The van der Waals surface area contributed by atoms with Crippen molar-refractivity contribution in [1.82, 2.24) is 20.0 Å². The molecule has 0 spiro atoms. The van der Waals surface area contributed by atoms with E-state index in [0.29, 0.717) is 49.7 Å². The molecule has 188 valence electrons. The number of anilines is 1. The van der Waals surface area contributed by atoms with Crippen molar-refractivity contribution in [2.24, 2.45) is 0 Å². The minimum Gasteiger partial charge on any atom is -0.353 e. The molecule has 9 heteroatoms. The van der Waals surface area contributed by atoms with Gasteiger partial charge in [0, 0.05) is 43.9 Å². The van der Waals surface area contributed by atoms with Crippen molar-refractivity contribution in [3.8, 4) is 11.3 Å². The van der Waals surface area contributed by atoms with Crippen LogP contribution in [0.2, 0.25) is 0 Å². The maximum atomic E-state index is 13.2. The molecular weight excluding hydrogens is 464 g/mol. The molecule has 4 rings (SSSR count). The second kappa shape index (κ2) is 11.7. The van der Waals surface area contributed by atoms with Gasteiger partial charge in [-0.1, -0.05) is 6.92 Å². The smallest absolute Gasteiger partial charge is 0.254 e. The van der Waals surface area contributed by atoms with E-state index in [9.17, 15) is 18.4 Å². The molecule has 0 bridgehead atoms. The van der Waals surface area contributed by atoms with Crippen LogP contribution in [0.15, 0.2) is 60.7 Å². The summed E-state index contributed by atoms with van der Waals surface area (Å²) >= 11 is 0. The van der Waals surface area contributed by atoms with Crippen LogP contribution in [0.5, 0.6) is 0 Å². The van der Waals surface area contributed by atoms with Crippen LogP contribution in [0.4, 0.5) is 14.6 Å². The molecule has 0 radical (unpaired) electrons. The highest BCUT2D eigenvalue weighted by Crippen LogP contribution is 2.20. The van der Waals surface area contributed by atoms with Gasteiger partial charge in [-0.2, -0.15) is 0 Å². The number of aromatic nitrogens is 2. The second-order valence-corrected chi connectivity index (χ2v) is 8.74.